The predicted octanol–water partition coefficient (Wildman–Crippen LogP) is 2.38. The molecule has 2 N–H and O–H groups in total. The van der Waals surface area contributed by atoms with Crippen LogP contribution >= 0.6 is 0 Å². The number of aryl methyl sites for hydroxylation is 1. The Morgan fingerprint density at radius 1 is 1.38 bits per heavy atom. The topological polar surface area (TPSA) is 114 Å². The average Bonchev–Trinajstić information content (AvgIpc) is 2.56. The molecular weight excluding hydrogens is 314 g/mol. The Morgan fingerprint density at radius 2 is 2.08 bits per heavy atom. The summed E-state index contributed by atoms with van der Waals surface area (Å²) in [5.74, 6) is -1.02. The number of carbonyl (C=O) groups excluding carboxylic acids is 1. The Balaban J connectivity index is 2.20. The van der Waals surface area contributed by atoms with Gasteiger partial charge in [0.25, 0.3) is 5.91 Å². The summed E-state index contributed by atoms with van der Waals surface area (Å²) in [5.41, 5.74) is 3.40. The highest BCUT2D eigenvalue weighted by atomic mass is 16.6. The molecule has 0 fully saturated rings. The summed E-state index contributed by atoms with van der Waals surface area (Å²) >= 11 is 0. The monoisotopic (exact) mass is 329 g/mol. The Labute approximate surface area is 137 Å². The van der Waals surface area contributed by atoms with E-state index in [1.54, 1.807) is 25.1 Å². The van der Waals surface area contributed by atoms with Crippen LogP contribution in [0.3, 0.4) is 0 Å². The van der Waals surface area contributed by atoms with E-state index in [-0.39, 0.29) is 5.75 Å². The molecule has 2 aromatic carbocycles. The lowest BCUT2D eigenvalue weighted by molar-refractivity contribution is -0.386. The second-order valence-corrected chi connectivity index (χ2v) is 4.86. The summed E-state index contributed by atoms with van der Waals surface area (Å²) in [7, 11) is 1.28. The quantitative estimate of drug-likeness (QED) is 0.496. The van der Waals surface area contributed by atoms with Crippen LogP contribution in [0.5, 0.6) is 11.5 Å². The molecule has 0 saturated heterocycles. The molecule has 0 aliphatic rings. The third-order valence-corrected chi connectivity index (χ3v) is 3.26. The van der Waals surface area contributed by atoms with Crippen LogP contribution < -0.4 is 10.2 Å². The lowest BCUT2D eigenvalue weighted by Gasteiger charge is -2.05. The van der Waals surface area contributed by atoms with Crippen LogP contribution in [0.2, 0.25) is 0 Å². The minimum atomic E-state index is -0.735. The SMILES string of the molecule is COc1cc(/C=N/NC(=O)c2ccccc2C)cc([N+](=O)[O-])c1O. The van der Waals surface area contributed by atoms with E-state index in [0.29, 0.717) is 11.1 Å². The normalized spacial score (nSPS) is 10.6. The number of phenols is 1. The summed E-state index contributed by atoms with van der Waals surface area (Å²) < 4.78 is 4.89. The van der Waals surface area contributed by atoms with Crippen molar-refractivity contribution in [2.24, 2.45) is 5.10 Å². The van der Waals surface area contributed by atoms with Gasteiger partial charge in [-0.15, -0.1) is 0 Å². The van der Waals surface area contributed by atoms with Gasteiger partial charge in [0.05, 0.1) is 18.2 Å². The zero-order valence-electron chi connectivity index (χ0n) is 13.0. The summed E-state index contributed by atoms with van der Waals surface area (Å²) in [5, 5.41) is 24.4. The maximum absolute atomic E-state index is 12.0. The number of amides is 1. The van der Waals surface area contributed by atoms with Crippen molar-refractivity contribution in [3.05, 3.63) is 63.2 Å². The van der Waals surface area contributed by atoms with Gasteiger partial charge in [0.15, 0.2) is 5.75 Å². The van der Waals surface area contributed by atoms with E-state index in [9.17, 15) is 20.0 Å². The van der Waals surface area contributed by atoms with E-state index in [1.165, 1.54) is 19.4 Å². The van der Waals surface area contributed by atoms with E-state index in [1.807, 2.05) is 6.07 Å². The van der Waals surface area contributed by atoms with Crippen molar-refractivity contribution in [3.63, 3.8) is 0 Å². The molecule has 2 rings (SSSR count). The number of nitro groups is 1. The molecule has 0 saturated carbocycles. The first kappa shape index (κ1) is 16.9. The van der Waals surface area contributed by atoms with E-state index in [4.69, 9.17) is 4.74 Å². The largest absolute Gasteiger partial charge is 0.500 e. The van der Waals surface area contributed by atoms with E-state index >= 15 is 0 Å². The molecule has 0 spiro atoms. The Kier molecular flexibility index (Phi) is 5.10. The molecule has 0 aliphatic heterocycles. The van der Waals surface area contributed by atoms with Gasteiger partial charge in [0, 0.05) is 17.2 Å². The van der Waals surface area contributed by atoms with Crippen LogP contribution in [0.1, 0.15) is 21.5 Å². The number of phenolic OH excluding ortho intramolecular Hbond substituents is 1. The number of nitro benzene ring substituents is 1. The van der Waals surface area contributed by atoms with E-state index in [0.717, 1.165) is 11.6 Å². The van der Waals surface area contributed by atoms with Gasteiger partial charge in [0.2, 0.25) is 5.75 Å². The van der Waals surface area contributed by atoms with Crippen molar-refractivity contribution < 1.29 is 19.6 Å². The molecule has 0 heterocycles. The number of nitrogens with one attached hydrogen (secondary N) is 1. The maximum atomic E-state index is 12.0. The van der Waals surface area contributed by atoms with Crippen LogP contribution in [0, 0.1) is 17.0 Å². The molecule has 0 radical (unpaired) electrons. The van der Waals surface area contributed by atoms with Crippen LogP contribution in [0.15, 0.2) is 41.5 Å². The predicted molar refractivity (Wildman–Crippen MR) is 87.6 cm³/mol. The number of nitrogens with zero attached hydrogens (tertiary/aromatic N) is 2. The highest BCUT2D eigenvalue weighted by Crippen LogP contribution is 2.36. The highest BCUT2D eigenvalue weighted by Gasteiger charge is 2.19. The number of methoxy groups -OCH3 is 1. The molecule has 0 aliphatic carbocycles. The van der Waals surface area contributed by atoms with Crippen molar-refractivity contribution in [2.45, 2.75) is 6.92 Å². The molecule has 0 unspecified atom stereocenters. The van der Waals surface area contributed by atoms with Gasteiger partial charge in [-0.2, -0.15) is 5.10 Å². The zero-order chi connectivity index (χ0) is 17.7. The fraction of sp³-hybridized carbons (Fsp3) is 0.125. The lowest BCUT2D eigenvalue weighted by Crippen LogP contribution is -2.18. The van der Waals surface area contributed by atoms with Gasteiger partial charge in [-0.3, -0.25) is 14.9 Å². The molecule has 2 aromatic rings. The van der Waals surface area contributed by atoms with Gasteiger partial charge in [0.1, 0.15) is 0 Å². The first-order valence-electron chi connectivity index (χ1n) is 6.88. The number of carbonyl (C=O) groups is 1. The summed E-state index contributed by atoms with van der Waals surface area (Å²) in [4.78, 5) is 22.2. The summed E-state index contributed by atoms with van der Waals surface area (Å²) in [6.45, 7) is 1.80. The number of ether oxygens (including phenoxy) is 1. The second-order valence-electron chi connectivity index (χ2n) is 4.86. The van der Waals surface area contributed by atoms with Gasteiger partial charge < -0.3 is 9.84 Å². The van der Waals surface area contributed by atoms with Crippen molar-refractivity contribution in [2.75, 3.05) is 7.11 Å². The summed E-state index contributed by atoms with van der Waals surface area (Å²) in [6.07, 6.45) is 1.23. The van der Waals surface area contributed by atoms with Gasteiger partial charge >= 0.3 is 5.69 Å². The van der Waals surface area contributed by atoms with Crippen molar-refractivity contribution in [1.82, 2.24) is 5.43 Å². The number of hydrogen-bond acceptors (Lipinski definition) is 6. The van der Waals surface area contributed by atoms with Crippen molar-refractivity contribution in [1.29, 1.82) is 0 Å². The van der Waals surface area contributed by atoms with Crippen molar-refractivity contribution in [3.8, 4) is 11.5 Å². The van der Waals surface area contributed by atoms with E-state index < -0.39 is 22.3 Å². The maximum Gasteiger partial charge on any atom is 0.315 e. The van der Waals surface area contributed by atoms with Crippen molar-refractivity contribution >= 4 is 17.8 Å². The third kappa shape index (κ3) is 3.67. The van der Waals surface area contributed by atoms with Crippen LogP contribution in [-0.2, 0) is 0 Å². The lowest BCUT2D eigenvalue weighted by atomic mass is 10.1. The summed E-state index contributed by atoms with van der Waals surface area (Å²) in [6, 6.07) is 9.51. The standard InChI is InChI=1S/C16H15N3O5/c1-10-5-3-4-6-12(10)16(21)18-17-9-11-7-13(19(22)23)15(20)14(8-11)24-2/h3-9,20H,1-2H3,(H,18,21)/b17-9+. The third-order valence-electron chi connectivity index (χ3n) is 3.26. The number of benzene rings is 2. The number of hydrogen-bond donors (Lipinski definition) is 2. The van der Waals surface area contributed by atoms with Crippen LogP contribution in [0.25, 0.3) is 0 Å². The van der Waals surface area contributed by atoms with Gasteiger partial charge in [-0.25, -0.2) is 5.43 Å². The first-order valence-corrected chi connectivity index (χ1v) is 6.88. The molecular formula is C16H15N3O5. The minimum absolute atomic E-state index is 0.0594. The molecule has 0 aromatic heterocycles. The van der Waals surface area contributed by atoms with Gasteiger partial charge in [-0.1, -0.05) is 18.2 Å². The Hall–Kier alpha value is -3.42. The first-order chi connectivity index (χ1) is 11.4. The molecule has 0 atom stereocenters. The molecule has 0 bridgehead atoms. The highest BCUT2D eigenvalue weighted by molar-refractivity contribution is 5.96. The molecule has 124 valence electrons. The van der Waals surface area contributed by atoms with E-state index in [2.05, 4.69) is 10.5 Å². The molecule has 8 heteroatoms. The average molecular weight is 329 g/mol. The van der Waals surface area contributed by atoms with Crippen LogP contribution in [0.4, 0.5) is 5.69 Å². The smallest absolute Gasteiger partial charge is 0.315 e. The number of hydrazone groups is 1. The minimum Gasteiger partial charge on any atom is -0.500 e. The number of rotatable bonds is 5. The molecule has 8 nitrogen and oxygen atoms in total. The molecule has 1 amide bonds. The Morgan fingerprint density at radius 3 is 2.71 bits per heavy atom. The number of aromatic hydroxyl groups is 1. The van der Waals surface area contributed by atoms with Crippen LogP contribution in [-0.4, -0.2) is 29.3 Å². The fourth-order valence-electron chi connectivity index (χ4n) is 2.04. The van der Waals surface area contributed by atoms with Gasteiger partial charge in [-0.05, 0) is 24.6 Å². The molecule has 24 heavy (non-hydrogen) atoms. The second kappa shape index (κ2) is 7.23. The Bertz CT molecular complexity index is 817. The zero-order valence-corrected chi connectivity index (χ0v) is 13.0. The fourth-order valence-corrected chi connectivity index (χ4v) is 2.04.